The summed E-state index contributed by atoms with van der Waals surface area (Å²) >= 11 is 0. The maximum absolute atomic E-state index is 13.4. The minimum Gasteiger partial charge on any atom is -0.507 e. The van der Waals surface area contributed by atoms with Gasteiger partial charge < -0.3 is 15.2 Å². The van der Waals surface area contributed by atoms with Crippen LogP contribution in [0.2, 0.25) is 0 Å². The van der Waals surface area contributed by atoms with Crippen molar-refractivity contribution < 1.29 is 19.0 Å². The Balaban J connectivity index is 1.93. The molecule has 0 aliphatic heterocycles. The van der Waals surface area contributed by atoms with Crippen molar-refractivity contribution in [3.8, 4) is 5.75 Å². The molecule has 1 amide bonds. The molecule has 1 fully saturated rings. The molecule has 98 valence electrons. The lowest BCUT2D eigenvalue weighted by molar-refractivity contribution is -0.00866. The maximum atomic E-state index is 13.4. The van der Waals surface area contributed by atoms with Gasteiger partial charge in [-0.05, 0) is 31.9 Å². The summed E-state index contributed by atoms with van der Waals surface area (Å²) in [5.41, 5.74) is -0.294. The summed E-state index contributed by atoms with van der Waals surface area (Å²) in [4.78, 5) is 11.8. The zero-order chi connectivity index (χ0) is 13.1. The summed E-state index contributed by atoms with van der Waals surface area (Å²) in [6, 6.07) is 3.80. The first-order chi connectivity index (χ1) is 8.61. The second-order valence-corrected chi connectivity index (χ2v) is 4.35. The van der Waals surface area contributed by atoms with Gasteiger partial charge in [0.15, 0.2) is 0 Å². The zero-order valence-electron chi connectivity index (χ0n) is 10.1. The third-order valence-corrected chi connectivity index (χ3v) is 3.05. The second kappa shape index (κ2) is 5.35. The molecule has 0 bridgehead atoms. The Hall–Kier alpha value is -1.62. The molecule has 0 saturated heterocycles. The highest BCUT2D eigenvalue weighted by molar-refractivity contribution is 5.97. The quantitative estimate of drug-likeness (QED) is 0.860. The van der Waals surface area contributed by atoms with Crippen LogP contribution in [0.1, 0.15) is 30.1 Å². The lowest BCUT2D eigenvalue weighted by Crippen LogP contribution is -2.48. The largest absolute Gasteiger partial charge is 0.507 e. The fraction of sp³-hybridized carbons (Fsp3) is 0.462. The van der Waals surface area contributed by atoms with Crippen molar-refractivity contribution in [3.05, 3.63) is 29.6 Å². The topological polar surface area (TPSA) is 58.6 Å². The van der Waals surface area contributed by atoms with E-state index in [1.54, 1.807) is 0 Å². The number of phenols is 1. The lowest BCUT2D eigenvalue weighted by atomic mass is 9.89. The number of hydrogen-bond donors (Lipinski definition) is 2. The van der Waals surface area contributed by atoms with Crippen LogP contribution in [0, 0.1) is 5.82 Å². The Labute approximate surface area is 105 Å². The van der Waals surface area contributed by atoms with Crippen molar-refractivity contribution in [2.75, 3.05) is 6.61 Å². The molecule has 1 saturated carbocycles. The predicted octanol–water partition coefficient (Wildman–Crippen LogP) is 1.83. The number of aromatic hydroxyl groups is 1. The average Bonchev–Trinajstić information content (AvgIpc) is 2.26. The van der Waals surface area contributed by atoms with Crippen molar-refractivity contribution in [2.24, 2.45) is 0 Å². The van der Waals surface area contributed by atoms with Crippen molar-refractivity contribution in [1.29, 1.82) is 0 Å². The van der Waals surface area contributed by atoms with Crippen molar-refractivity contribution in [2.45, 2.75) is 31.9 Å². The van der Waals surface area contributed by atoms with Crippen LogP contribution >= 0.6 is 0 Å². The molecule has 1 aliphatic rings. The fourth-order valence-corrected chi connectivity index (χ4v) is 2.05. The van der Waals surface area contributed by atoms with Gasteiger partial charge in [0.25, 0.3) is 5.91 Å². The molecular formula is C13H16FNO3. The first-order valence-electron chi connectivity index (χ1n) is 6.01. The van der Waals surface area contributed by atoms with Gasteiger partial charge in [-0.25, -0.2) is 4.39 Å². The second-order valence-electron chi connectivity index (χ2n) is 4.35. The van der Waals surface area contributed by atoms with E-state index >= 15 is 0 Å². The lowest BCUT2D eigenvalue weighted by Gasteiger charge is -2.35. The molecule has 0 atom stereocenters. The number of halogens is 1. The molecule has 1 aromatic carbocycles. The van der Waals surface area contributed by atoms with E-state index in [0.29, 0.717) is 6.61 Å². The number of rotatable bonds is 4. The highest BCUT2D eigenvalue weighted by atomic mass is 19.1. The SMILES string of the molecule is CCOC1CC(NC(=O)c2c(O)cccc2F)C1. The first kappa shape index (κ1) is 12.8. The van der Waals surface area contributed by atoms with Gasteiger partial charge >= 0.3 is 0 Å². The number of carbonyl (C=O) groups excluding carboxylic acids is 1. The van der Waals surface area contributed by atoms with Gasteiger partial charge in [0.05, 0.1) is 6.10 Å². The third kappa shape index (κ3) is 2.61. The molecule has 0 heterocycles. The van der Waals surface area contributed by atoms with Crippen LogP contribution in [0.15, 0.2) is 18.2 Å². The van der Waals surface area contributed by atoms with E-state index in [-0.39, 0.29) is 23.5 Å². The molecule has 4 nitrogen and oxygen atoms in total. The van der Waals surface area contributed by atoms with E-state index in [2.05, 4.69) is 5.32 Å². The summed E-state index contributed by atoms with van der Waals surface area (Å²) in [5.74, 6) is -1.63. The highest BCUT2D eigenvalue weighted by Gasteiger charge is 2.31. The van der Waals surface area contributed by atoms with Crippen LogP contribution in [0.3, 0.4) is 0 Å². The van der Waals surface area contributed by atoms with Crippen LogP contribution < -0.4 is 5.32 Å². The number of phenolic OH excluding ortho intramolecular Hbond substituents is 1. The highest BCUT2D eigenvalue weighted by Crippen LogP contribution is 2.25. The van der Waals surface area contributed by atoms with Crippen molar-refractivity contribution in [1.82, 2.24) is 5.32 Å². The van der Waals surface area contributed by atoms with Gasteiger partial charge in [-0.15, -0.1) is 0 Å². The molecule has 0 aromatic heterocycles. The molecule has 2 rings (SSSR count). The molecule has 2 N–H and O–H groups in total. The van der Waals surface area contributed by atoms with E-state index in [1.807, 2.05) is 6.92 Å². The van der Waals surface area contributed by atoms with E-state index in [0.717, 1.165) is 18.9 Å². The van der Waals surface area contributed by atoms with Crippen molar-refractivity contribution >= 4 is 5.91 Å². The van der Waals surface area contributed by atoms with Gasteiger partial charge in [0.2, 0.25) is 0 Å². The smallest absolute Gasteiger partial charge is 0.258 e. The number of ether oxygens (including phenoxy) is 1. The molecule has 0 radical (unpaired) electrons. The zero-order valence-corrected chi connectivity index (χ0v) is 10.1. The van der Waals surface area contributed by atoms with Gasteiger partial charge in [0.1, 0.15) is 17.1 Å². The van der Waals surface area contributed by atoms with E-state index < -0.39 is 11.7 Å². The predicted molar refractivity (Wildman–Crippen MR) is 64.0 cm³/mol. The molecule has 0 unspecified atom stereocenters. The summed E-state index contributed by atoms with van der Waals surface area (Å²) in [6.07, 6.45) is 1.64. The van der Waals surface area contributed by atoms with Crippen LogP contribution in [-0.4, -0.2) is 29.8 Å². The minimum absolute atomic E-state index is 0.00643. The first-order valence-corrected chi connectivity index (χ1v) is 6.01. The molecule has 18 heavy (non-hydrogen) atoms. The third-order valence-electron chi connectivity index (χ3n) is 3.05. The molecule has 0 spiro atoms. The molecular weight excluding hydrogens is 237 g/mol. The van der Waals surface area contributed by atoms with E-state index in [9.17, 15) is 14.3 Å². The number of carbonyl (C=O) groups is 1. The Bertz CT molecular complexity index is 424. The average molecular weight is 253 g/mol. The van der Waals surface area contributed by atoms with Crippen LogP contribution in [0.4, 0.5) is 4.39 Å². The van der Waals surface area contributed by atoms with Crippen LogP contribution in [0.25, 0.3) is 0 Å². The Morgan fingerprint density at radius 3 is 2.89 bits per heavy atom. The number of amides is 1. The van der Waals surface area contributed by atoms with E-state index in [4.69, 9.17) is 4.74 Å². The minimum atomic E-state index is -0.715. The Morgan fingerprint density at radius 2 is 2.28 bits per heavy atom. The summed E-state index contributed by atoms with van der Waals surface area (Å²) < 4.78 is 18.8. The van der Waals surface area contributed by atoms with Gasteiger partial charge in [0, 0.05) is 12.6 Å². The summed E-state index contributed by atoms with van der Waals surface area (Å²) in [5, 5.41) is 12.2. The van der Waals surface area contributed by atoms with Gasteiger partial charge in [-0.1, -0.05) is 6.07 Å². The van der Waals surface area contributed by atoms with Crippen molar-refractivity contribution in [3.63, 3.8) is 0 Å². The number of hydrogen-bond acceptors (Lipinski definition) is 3. The molecule has 1 aromatic rings. The summed E-state index contributed by atoms with van der Waals surface area (Å²) in [6.45, 7) is 2.57. The maximum Gasteiger partial charge on any atom is 0.258 e. The van der Waals surface area contributed by atoms with Crippen LogP contribution in [0.5, 0.6) is 5.75 Å². The van der Waals surface area contributed by atoms with E-state index in [1.165, 1.54) is 12.1 Å². The van der Waals surface area contributed by atoms with Gasteiger partial charge in [-0.2, -0.15) is 0 Å². The normalized spacial score (nSPS) is 22.3. The Kier molecular flexibility index (Phi) is 3.81. The van der Waals surface area contributed by atoms with Gasteiger partial charge in [-0.3, -0.25) is 4.79 Å². The summed E-state index contributed by atoms with van der Waals surface area (Å²) in [7, 11) is 0. The Morgan fingerprint density at radius 1 is 1.56 bits per heavy atom. The number of nitrogens with one attached hydrogen (secondary N) is 1. The standard InChI is InChI=1S/C13H16FNO3/c1-2-18-9-6-8(7-9)15-13(17)12-10(14)4-3-5-11(12)16/h3-5,8-9,16H,2,6-7H2,1H3,(H,15,17). The number of benzene rings is 1. The molecule has 5 heteroatoms. The molecule has 1 aliphatic carbocycles. The fourth-order valence-electron chi connectivity index (χ4n) is 2.05. The van der Waals surface area contributed by atoms with Crippen LogP contribution in [-0.2, 0) is 4.74 Å². The monoisotopic (exact) mass is 253 g/mol.